The molecule has 110 valence electrons. The molecule has 1 aliphatic heterocycles. The van der Waals surface area contributed by atoms with E-state index in [1.165, 1.54) is 6.42 Å². The number of carbonyl (C=O) groups is 1. The summed E-state index contributed by atoms with van der Waals surface area (Å²) < 4.78 is 5.69. The Labute approximate surface area is 121 Å². The monoisotopic (exact) mass is 276 g/mol. The maximum Gasteiger partial charge on any atom is 0.238 e. The number of benzene rings is 1. The molecule has 1 amide bonds. The molecule has 0 spiro atoms. The van der Waals surface area contributed by atoms with Crippen LogP contribution in [0.25, 0.3) is 0 Å². The van der Waals surface area contributed by atoms with Gasteiger partial charge in [0.25, 0.3) is 0 Å². The fraction of sp³-hybridized carbons (Fsp3) is 0.562. The van der Waals surface area contributed by atoms with Crippen LogP contribution in [-0.4, -0.2) is 43.7 Å². The fourth-order valence-corrected chi connectivity index (χ4v) is 2.53. The van der Waals surface area contributed by atoms with Gasteiger partial charge in [-0.05, 0) is 50.9 Å². The van der Waals surface area contributed by atoms with Crippen molar-refractivity contribution in [3.63, 3.8) is 0 Å². The minimum Gasteiger partial charge on any atom is -0.377 e. The first-order valence-electron chi connectivity index (χ1n) is 7.30. The summed E-state index contributed by atoms with van der Waals surface area (Å²) in [6, 6.07) is 7.85. The van der Waals surface area contributed by atoms with Gasteiger partial charge in [0.15, 0.2) is 0 Å². The van der Waals surface area contributed by atoms with E-state index in [4.69, 9.17) is 4.74 Å². The van der Waals surface area contributed by atoms with Crippen LogP contribution in [0.5, 0.6) is 0 Å². The highest BCUT2D eigenvalue weighted by Crippen LogP contribution is 2.13. The molecule has 0 saturated carbocycles. The summed E-state index contributed by atoms with van der Waals surface area (Å²) in [6.07, 6.45) is 3.77. The largest absolute Gasteiger partial charge is 0.377 e. The van der Waals surface area contributed by atoms with Crippen molar-refractivity contribution in [3.05, 3.63) is 29.8 Å². The molecule has 1 N–H and O–H groups in total. The Balaban J connectivity index is 1.75. The Morgan fingerprint density at radius 2 is 2.30 bits per heavy atom. The highest BCUT2D eigenvalue weighted by Gasteiger charge is 2.17. The van der Waals surface area contributed by atoms with Crippen molar-refractivity contribution in [1.82, 2.24) is 4.90 Å². The number of hydrogen-bond donors (Lipinski definition) is 1. The molecule has 0 aliphatic carbocycles. The quantitative estimate of drug-likeness (QED) is 0.898. The molecular weight excluding hydrogens is 252 g/mol. The van der Waals surface area contributed by atoms with Crippen LogP contribution in [0.2, 0.25) is 0 Å². The van der Waals surface area contributed by atoms with E-state index in [2.05, 4.69) is 5.32 Å². The van der Waals surface area contributed by atoms with Crippen LogP contribution in [0.1, 0.15) is 24.8 Å². The first-order valence-corrected chi connectivity index (χ1v) is 7.30. The molecule has 0 bridgehead atoms. The van der Waals surface area contributed by atoms with Gasteiger partial charge >= 0.3 is 0 Å². The molecule has 0 unspecified atom stereocenters. The third-order valence-corrected chi connectivity index (χ3v) is 3.50. The van der Waals surface area contributed by atoms with E-state index < -0.39 is 0 Å². The first-order chi connectivity index (χ1) is 9.63. The number of rotatable bonds is 5. The lowest BCUT2D eigenvalue weighted by Gasteiger charge is -2.27. The van der Waals surface area contributed by atoms with E-state index in [0.29, 0.717) is 6.54 Å². The molecule has 1 aliphatic rings. The second-order valence-corrected chi connectivity index (χ2v) is 5.60. The second kappa shape index (κ2) is 7.41. The Hall–Kier alpha value is -1.39. The minimum atomic E-state index is 0.0221. The summed E-state index contributed by atoms with van der Waals surface area (Å²) in [6.45, 7) is 4.09. The van der Waals surface area contributed by atoms with Crippen molar-refractivity contribution in [1.29, 1.82) is 0 Å². The summed E-state index contributed by atoms with van der Waals surface area (Å²) in [5.41, 5.74) is 2.00. The normalized spacial score (nSPS) is 19.1. The van der Waals surface area contributed by atoms with Crippen molar-refractivity contribution in [2.45, 2.75) is 32.3 Å². The Bertz CT molecular complexity index is 442. The molecule has 4 nitrogen and oxygen atoms in total. The zero-order chi connectivity index (χ0) is 14.4. The van der Waals surface area contributed by atoms with Crippen LogP contribution < -0.4 is 5.32 Å². The van der Waals surface area contributed by atoms with Crippen molar-refractivity contribution in [2.75, 3.05) is 32.1 Å². The van der Waals surface area contributed by atoms with Gasteiger partial charge in [-0.25, -0.2) is 0 Å². The van der Waals surface area contributed by atoms with Gasteiger partial charge in [0.2, 0.25) is 5.91 Å². The predicted molar refractivity (Wildman–Crippen MR) is 80.9 cm³/mol. The third-order valence-electron chi connectivity index (χ3n) is 3.50. The number of nitrogens with one attached hydrogen (secondary N) is 1. The third kappa shape index (κ3) is 4.94. The SMILES string of the molecule is Cc1cccc(NC(=O)CN(C)C[C@H]2CCCCO2)c1. The summed E-state index contributed by atoms with van der Waals surface area (Å²) in [5, 5.41) is 2.93. The number of carbonyl (C=O) groups excluding carboxylic acids is 1. The average molecular weight is 276 g/mol. The van der Waals surface area contributed by atoms with Crippen molar-refractivity contribution >= 4 is 11.6 Å². The van der Waals surface area contributed by atoms with E-state index in [0.717, 1.165) is 37.2 Å². The average Bonchev–Trinajstić information content (AvgIpc) is 2.39. The molecular formula is C16H24N2O2. The lowest BCUT2D eigenvalue weighted by molar-refractivity contribution is -0.117. The van der Waals surface area contributed by atoms with Gasteiger partial charge in [0.05, 0.1) is 12.6 Å². The molecule has 1 saturated heterocycles. The van der Waals surface area contributed by atoms with E-state index in [9.17, 15) is 4.79 Å². The number of hydrogen-bond acceptors (Lipinski definition) is 3. The van der Waals surface area contributed by atoms with Crippen LogP contribution in [0.15, 0.2) is 24.3 Å². The van der Waals surface area contributed by atoms with Crippen LogP contribution in [0, 0.1) is 6.92 Å². The second-order valence-electron chi connectivity index (χ2n) is 5.60. The Morgan fingerprint density at radius 3 is 3.00 bits per heavy atom. The van der Waals surface area contributed by atoms with E-state index in [-0.39, 0.29) is 12.0 Å². The molecule has 1 fully saturated rings. The number of nitrogens with zero attached hydrogens (tertiary/aromatic N) is 1. The molecule has 1 heterocycles. The highest BCUT2D eigenvalue weighted by atomic mass is 16.5. The van der Waals surface area contributed by atoms with Crippen molar-refractivity contribution in [2.24, 2.45) is 0 Å². The van der Waals surface area contributed by atoms with E-state index >= 15 is 0 Å². The van der Waals surface area contributed by atoms with Gasteiger partial charge in [-0.15, -0.1) is 0 Å². The molecule has 0 radical (unpaired) electrons. The lowest BCUT2D eigenvalue weighted by atomic mass is 10.1. The number of aryl methyl sites for hydroxylation is 1. The van der Waals surface area contributed by atoms with Crippen LogP contribution in [0.4, 0.5) is 5.69 Å². The van der Waals surface area contributed by atoms with Gasteiger partial charge in [-0.1, -0.05) is 12.1 Å². The van der Waals surface area contributed by atoms with Crippen LogP contribution in [0.3, 0.4) is 0 Å². The Morgan fingerprint density at radius 1 is 1.45 bits per heavy atom. The lowest BCUT2D eigenvalue weighted by Crippen LogP contribution is -2.37. The topological polar surface area (TPSA) is 41.6 Å². The molecule has 0 aromatic heterocycles. The molecule has 2 rings (SSSR count). The summed E-state index contributed by atoms with van der Waals surface area (Å²) in [5.74, 6) is 0.0221. The maximum absolute atomic E-state index is 12.0. The molecule has 4 heteroatoms. The van der Waals surface area contributed by atoms with E-state index in [1.807, 2.05) is 43.1 Å². The van der Waals surface area contributed by atoms with Gasteiger partial charge < -0.3 is 10.1 Å². The summed E-state index contributed by atoms with van der Waals surface area (Å²) in [4.78, 5) is 14.0. The van der Waals surface area contributed by atoms with Crippen LogP contribution in [-0.2, 0) is 9.53 Å². The van der Waals surface area contributed by atoms with E-state index in [1.54, 1.807) is 0 Å². The number of likely N-dealkylation sites (N-methyl/N-ethyl adjacent to an activating group) is 1. The highest BCUT2D eigenvalue weighted by molar-refractivity contribution is 5.92. The number of anilines is 1. The molecule has 20 heavy (non-hydrogen) atoms. The van der Waals surface area contributed by atoms with Crippen molar-refractivity contribution in [3.8, 4) is 0 Å². The van der Waals surface area contributed by atoms with Gasteiger partial charge in [-0.2, -0.15) is 0 Å². The number of amides is 1. The van der Waals surface area contributed by atoms with Gasteiger partial charge in [0.1, 0.15) is 0 Å². The summed E-state index contributed by atoms with van der Waals surface area (Å²) in [7, 11) is 1.97. The summed E-state index contributed by atoms with van der Waals surface area (Å²) >= 11 is 0. The minimum absolute atomic E-state index is 0.0221. The standard InChI is InChI=1S/C16H24N2O2/c1-13-6-5-7-14(10-13)17-16(19)12-18(2)11-15-8-3-4-9-20-15/h5-7,10,15H,3-4,8-9,11-12H2,1-2H3,(H,17,19)/t15-/m1/s1. The van der Waals surface area contributed by atoms with Gasteiger partial charge in [0, 0.05) is 18.8 Å². The maximum atomic E-state index is 12.0. The Kier molecular flexibility index (Phi) is 5.56. The zero-order valence-corrected chi connectivity index (χ0v) is 12.4. The van der Waals surface area contributed by atoms with Crippen LogP contribution >= 0.6 is 0 Å². The number of ether oxygens (including phenoxy) is 1. The van der Waals surface area contributed by atoms with Gasteiger partial charge in [-0.3, -0.25) is 9.69 Å². The molecule has 1 aromatic rings. The smallest absolute Gasteiger partial charge is 0.238 e. The molecule has 1 atom stereocenters. The zero-order valence-electron chi connectivity index (χ0n) is 12.4. The predicted octanol–water partition coefficient (Wildman–Crippen LogP) is 2.43. The first kappa shape index (κ1) is 15.0. The molecule has 1 aromatic carbocycles. The van der Waals surface area contributed by atoms with Crippen molar-refractivity contribution < 1.29 is 9.53 Å². The fourth-order valence-electron chi connectivity index (χ4n) is 2.53.